The lowest BCUT2D eigenvalue weighted by Gasteiger charge is -2.21. The standard InChI is InChI=1S/C19H16BrF3N2/c1-11-14(4-3-5-16(11)19(21,22)23)12(2)25-18-8-9-24-17-7-6-13(20)10-15(17)18/h3-10,12H,1-2H3,(H,24,25)/t12-/m1/s1. The topological polar surface area (TPSA) is 24.9 Å². The third-order valence-electron chi connectivity index (χ3n) is 4.22. The van der Waals surface area contributed by atoms with E-state index in [2.05, 4.69) is 26.2 Å². The highest BCUT2D eigenvalue weighted by Crippen LogP contribution is 2.35. The lowest BCUT2D eigenvalue weighted by Crippen LogP contribution is -2.13. The van der Waals surface area contributed by atoms with E-state index in [9.17, 15) is 13.2 Å². The Morgan fingerprint density at radius 3 is 2.60 bits per heavy atom. The van der Waals surface area contributed by atoms with Gasteiger partial charge in [-0.2, -0.15) is 13.2 Å². The van der Waals surface area contributed by atoms with Gasteiger partial charge in [-0.05, 0) is 55.3 Å². The van der Waals surface area contributed by atoms with E-state index in [0.717, 1.165) is 27.1 Å². The van der Waals surface area contributed by atoms with Crippen molar-refractivity contribution in [3.8, 4) is 0 Å². The Labute approximate surface area is 152 Å². The fraction of sp³-hybridized carbons (Fsp3) is 0.211. The Hall–Kier alpha value is -2.08. The first-order valence-corrected chi connectivity index (χ1v) is 8.54. The van der Waals surface area contributed by atoms with E-state index < -0.39 is 11.7 Å². The number of benzene rings is 2. The first kappa shape index (κ1) is 17.7. The van der Waals surface area contributed by atoms with Gasteiger partial charge in [0.1, 0.15) is 0 Å². The normalized spacial score (nSPS) is 13.0. The molecule has 6 heteroatoms. The van der Waals surface area contributed by atoms with Crippen LogP contribution in [0.5, 0.6) is 0 Å². The number of rotatable bonds is 3. The van der Waals surface area contributed by atoms with Gasteiger partial charge in [0, 0.05) is 27.8 Å². The quantitative estimate of drug-likeness (QED) is 0.534. The summed E-state index contributed by atoms with van der Waals surface area (Å²) in [6, 6.07) is 11.6. The fourth-order valence-corrected chi connectivity index (χ4v) is 3.35. The van der Waals surface area contributed by atoms with Crippen LogP contribution in [0.15, 0.2) is 53.1 Å². The van der Waals surface area contributed by atoms with E-state index in [0.29, 0.717) is 5.56 Å². The lowest BCUT2D eigenvalue weighted by atomic mass is 9.97. The summed E-state index contributed by atoms with van der Waals surface area (Å²) >= 11 is 3.44. The Morgan fingerprint density at radius 2 is 1.88 bits per heavy atom. The average Bonchev–Trinajstić information content (AvgIpc) is 2.54. The maximum Gasteiger partial charge on any atom is 0.416 e. The molecule has 0 saturated carbocycles. The van der Waals surface area contributed by atoms with Crippen molar-refractivity contribution in [3.05, 3.63) is 69.8 Å². The number of anilines is 1. The van der Waals surface area contributed by atoms with Crippen LogP contribution < -0.4 is 5.32 Å². The van der Waals surface area contributed by atoms with Gasteiger partial charge in [-0.3, -0.25) is 4.98 Å². The number of fused-ring (bicyclic) bond motifs is 1. The predicted octanol–water partition coefficient (Wildman–Crippen LogP) is 6.50. The summed E-state index contributed by atoms with van der Waals surface area (Å²) in [4.78, 5) is 4.32. The summed E-state index contributed by atoms with van der Waals surface area (Å²) in [7, 11) is 0. The zero-order valence-electron chi connectivity index (χ0n) is 13.7. The minimum absolute atomic E-state index is 0.245. The molecule has 0 aliphatic carbocycles. The van der Waals surface area contributed by atoms with Crippen molar-refractivity contribution in [1.29, 1.82) is 0 Å². The van der Waals surface area contributed by atoms with Crippen molar-refractivity contribution in [1.82, 2.24) is 4.98 Å². The second-order valence-electron chi connectivity index (χ2n) is 5.90. The zero-order valence-corrected chi connectivity index (χ0v) is 15.2. The van der Waals surface area contributed by atoms with Crippen LogP contribution in [0.4, 0.5) is 18.9 Å². The van der Waals surface area contributed by atoms with Crippen molar-refractivity contribution >= 4 is 32.5 Å². The molecule has 1 atom stereocenters. The molecule has 2 nitrogen and oxygen atoms in total. The number of hydrogen-bond donors (Lipinski definition) is 1. The second-order valence-corrected chi connectivity index (χ2v) is 6.82. The van der Waals surface area contributed by atoms with Gasteiger partial charge < -0.3 is 5.32 Å². The van der Waals surface area contributed by atoms with Crippen LogP contribution in [0.1, 0.15) is 29.7 Å². The number of nitrogens with one attached hydrogen (secondary N) is 1. The van der Waals surface area contributed by atoms with Gasteiger partial charge >= 0.3 is 6.18 Å². The Kier molecular flexibility index (Phi) is 4.73. The third kappa shape index (κ3) is 3.63. The fourth-order valence-electron chi connectivity index (χ4n) is 2.99. The molecule has 0 saturated heterocycles. The first-order chi connectivity index (χ1) is 11.8. The minimum atomic E-state index is -4.35. The molecule has 0 bridgehead atoms. The highest BCUT2D eigenvalue weighted by molar-refractivity contribution is 9.10. The smallest absolute Gasteiger partial charge is 0.378 e. The zero-order chi connectivity index (χ0) is 18.2. The Balaban J connectivity index is 1.99. The Bertz CT molecular complexity index is 922. The van der Waals surface area contributed by atoms with Crippen molar-refractivity contribution in [2.45, 2.75) is 26.1 Å². The molecule has 3 aromatic rings. The summed E-state index contributed by atoms with van der Waals surface area (Å²) in [6.07, 6.45) is -2.67. The maximum atomic E-state index is 13.1. The highest BCUT2D eigenvalue weighted by atomic mass is 79.9. The molecule has 1 heterocycles. The Morgan fingerprint density at radius 1 is 1.12 bits per heavy atom. The lowest BCUT2D eigenvalue weighted by molar-refractivity contribution is -0.138. The molecule has 0 unspecified atom stereocenters. The van der Waals surface area contributed by atoms with Gasteiger partial charge in [0.25, 0.3) is 0 Å². The molecule has 130 valence electrons. The van der Waals surface area contributed by atoms with E-state index in [-0.39, 0.29) is 11.6 Å². The molecule has 0 spiro atoms. The van der Waals surface area contributed by atoms with E-state index in [1.807, 2.05) is 31.2 Å². The van der Waals surface area contributed by atoms with Gasteiger partial charge in [-0.25, -0.2) is 0 Å². The summed E-state index contributed by atoms with van der Waals surface area (Å²) in [5, 5.41) is 4.23. The SMILES string of the molecule is Cc1c([C@@H](C)Nc2ccnc3ccc(Br)cc23)cccc1C(F)(F)F. The van der Waals surface area contributed by atoms with Crippen LogP contribution in [-0.2, 0) is 6.18 Å². The molecule has 1 N–H and O–H groups in total. The van der Waals surface area contributed by atoms with E-state index in [1.54, 1.807) is 12.3 Å². The number of alkyl halides is 3. The second kappa shape index (κ2) is 6.67. The predicted molar refractivity (Wildman–Crippen MR) is 97.7 cm³/mol. The minimum Gasteiger partial charge on any atom is -0.378 e. The molecule has 0 aliphatic heterocycles. The number of hydrogen-bond acceptors (Lipinski definition) is 2. The van der Waals surface area contributed by atoms with Crippen molar-refractivity contribution < 1.29 is 13.2 Å². The largest absolute Gasteiger partial charge is 0.416 e. The molecule has 25 heavy (non-hydrogen) atoms. The van der Waals surface area contributed by atoms with E-state index in [4.69, 9.17) is 0 Å². The van der Waals surface area contributed by atoms with Gasteiger partial charge in [0.15, 0.2) is 0 Å². The highest BCUT2D eigenvalue weighted by Gasteiger charge is 2.33. The van der Waals surface area contributed by atoms with Gasteiger partial charge in [0.2, 0.25) is 0 Å². The molecular weight excluding hydrogens is 393 g/mol. The van der Waals surface area contributed by atoms with E-state index >= 15 is 0 Å². The summed E-state index contributed by atoms with van der Waals surface area (Å²) in [5.41, 5.74) is 1.92. The molecule has 0 radical (unpaired) electrons. The van der Waals surface area contributed by atoms with Gasteiger partial charge in [-0.15, -0.1) is 0 Å². The van der Waals surface area contributed by atoms with Gasteiger partial charge in [-0.1, -0.05) is 28.1 Å². The molecule has 3 rings (SSSR count). The van der Waals surface area contributed by atoms with Crippen LogP contribution in [0, 0.1) is 6.92 Å². The van der Waals surface area contributed by atoms with Gasteiger partial charge in [0.05, 0.1) is 11.1 Å². The first-order valence-electron chi connectivity index (χ1n) is 7.75. The average molecular weight is 409 g/mol. The number of pyridine rings is 1. The molecule has 2 aromatic carbocycles. The van der Waals surface area contributed by atoms with Crippen LogP contribution in [-0.4, -0.2) is 4.98 Å². The van der Waals surface area contributed by atoms with Crippen LogP contribution in [0.3, 0.4) is 0 Å². The van der Waals surface area contributed by atoms with Crippen molar-refractivity contribution in [2.24, 2.45) is 0 Å². The van der Waals surface area contributed by atoms with Crippen LogP contribution in [0.25, 0.3) is 10.9 Å². The monoisotopic (exact) mass is 408 g/mol. The number of aromatic nitrogens is 1. The van der Waals surface area contributed by atoms with E-state index in [1.165, 1.54) is 13.0 Å². The molecule has 0 amide bonds. The molecule has 0 fully saturated rings. The molecule has 1 aromatic heterocycles. The summed E-state index contributed by atoms with van der Waals surface area (Å²) < 4.78 is 40.3. The van der Waals surface area contributed by atoms with Crippen molar-refractivity contribution in [3.63, 3.8) is 0 Å². The number of halogens is 4. The van der Waals surface area contributed by atoms with Crippen LogP contribution in [0.2, 0.25) is 0 Å². The van der Waals surface area contributed by atoms with Crippen LogP contribution >= 0.6 is 15.9 Å². The van der Waals surface area contributed by atoms with Crippen molar-refractivity contribution in [2.75, 3.05) is 5.32 Å². The maximum absolute atomic E-state index is 13.1. The number of nitrogens with zero attached hydrogens (tertiary/aromatic N) is 1. The third-order valence-corrected chi connectivity index (χ3v) is 4.72. The molecule has 0 aliphatic rings. The molecular formula is C19H16BrF3N2. The summed E-state index contributed by atoms with van der Waals surface area (Å²) in [5.74, 6) is 0. The summed E-state index contributed by atoms with van der Waals surface area (Å²) in [6.45, 7) is 3.37.